The summed E-state index contributed by atoms with van der Waals surface area (Å²) in [7, 11) is 1.59. The van der Waals surface area contributed by atoms with Crippen LogP contribution in [-0.4, -0.2) is 66.8 Å². The molecule has 10 heteroatoms. The molecule has 10 nitrogen and oxygen atoms in total. The molecule has 0 bridgehead atoms. The van der Waals surface area contributed by atoms with Crippen molar-refractivity contribution in [3.8, 4) is 11.8 Å². The zero-order valence-corrected chi connectivity index (χ0v) is 29.6. The van der Waals surface area contributed by atoms with E-state index in [2.05, 4.69) is 35.6 Å². The van der Waals surface area contributed by atoms with Gasteiger partial charge in [0.2, 0.25) is 11.8 Å². The lowest BCUT2D eigenvalue weighted by Crippen LogP contribution is -2.41. The van der Waals surface area contributed by atoms with Gasteiger partial charge in [-0.25, -0.2) is 15.0 Å². The summed E-state index contributed by atoms with van der Waals surface area (Å²) < 4.78 is 17.0. The Labute approximate surface area is 285 Å². The van der Waals surface area contributed by atoms with Crippen LogP contribution in [0.5, 0.6) is 11.8 Å². The van der Waals surface area contributed by atoms with E-state index in [1.54, 1.807) is 24.4 Å². The van der Waals surface area contributed by atoms with Crippen molar-refractivity contribution in [1.82, 2.24) is 15.0 Å². The van der Waals surface area contributed by atoms with E-state index in [1.165, 1.54) is 0 Å². The number of carbonyl (C=O) groups excluding carboxylic acids is 2. The molecule has 4 heterocycles. The SMILES string of the molecule is CCOC(=O)CC(c1ccnc(OCC2CCN(c3cc(OC)ncc3C(=O)N(CC(C)(C)C)c3cc(C)cc(C)n3)CC2)c1)C1CC1. The van der Waals surface area contributed by atoms with Crippen molar-refractivity contribution < 1.29 is 23.8 Å². The predicted octanol–water partition coefficient (Wildman–Crippen LogP) is 6.93. The number of hydrogen-bond acceptors (Lipinski definition) is 9. The fourth-order valence-electron chi connectivity index (χ4n) is 6.53. The van der Waals surface area contributed by atoms with Gasteiger partial charge < -0.3 is 19.1 Å². The Kier molecular flexibility index (Phi) is 11.2. The van der Waals surface area contributed by atoms with Gasteiger partial charge >= 0.3 is 5.97 Å². The lowest BCUT2D eigenvalue weighted by atomic mass is 9.92. The lowest BCUT2D eigenvalue weighted by Gasteiger charge is -2.35. The smallest absolute Gasteiger partial charge is 0.306 e. The maximum atomic E-state index is 14.4. The molecule has 3 aromatic heterocycles. The van der Waals surface area contributed by atoms with E-state index >= 15 is 0 Å². The number of hydrogen-bond donors (Lipinski definition) is 0. The number of piperidine rings is 1. The van der Waals surface area contributed by atoms with Crippen molar-refractivity contribution in [2.75, 3.05) is 49.8 Å². The standard InChI is InChI=1S/C38H51N5O5/c1-8-47-36(44)20-30(28-9-10-28)29-11-14-39-35(19-29)48-23-27-12-15-42(16-13-27)32-21-34(46-7)40-22-31(32)37(45)43(24-38(4,5)6)33-18-25(2)17-26(3)41-33/h11,14,17-19,21-22,27-28,30H,8-10,12-13,15-16,20,23-24H2,1-7H3. The summed E-state index contributed by atoms with van der Waals surface area (Å²) >= 11 is 0. The van der Waals surface area contributed by atoms with Crippen LogP contribution in [0.4, 0.5) is 11.5 Å². The Morgan fingerprint density at radius 2 is 1.77 bits per heavy atom. The molecule has 0 spiro atoms. The van der Waals surface area contributed by atoms with Gasteiger partial charge in [-0.2, -0.15) is 0 Å². The molecule has 1 aliphatic heterocycles. The maximum absolute atomic E-state index is 14.4. The van der Waals surface area contributed by atoms with Gasteiger partial charge in [0.15, 0.2) is 0 Å². The van der Waals surface area contributed by atoms with E-state index < -0.39 is 0 Å². The fourth-order valence-corrected chi connectivity index (χ4v) is 6.53. The van der Waals surface area contributed by atoms with E-state index in [0.717, 1.165) is 61.3 Å². The van der Waals surface area contributed by atoms with Crippen LogP contribution in [0.2, 0.25) is 0 Å². The molecule has 2 aliphatic rings. The zero-order chi connectivity index (χ0) is 34.4. The number of aryl methyl sites for hydroxylation is 2. The predicted molar refractivity (Wildman–Crippen MR) is 187 cm³/mol. The van der Waals surface area contributed by atoms with Crippen molar-refractivity contribution >= 4 is 23.4 Å². The first-order valence-corrected chi connectivity index (χ1v) is 17.2. The molecule has 1 saturated carbocycles. The first-order valence-electron chi connectivity index (χ1n) is 17.2. The summed E-state index contributed by atoms with van der Waals surface area (Å²) in [5.41, 5.74) is 4.21. The molecule has 48 heavy (non-hydrogen) atoms. The molecule has 1 saturated heterocycles. The molecule has 258 valence electrons. The van der Waals surface area contributed by atoms with Crippen LogP contribution in [0, 0.1) is 31.1 Å². The minimum absolute atomic E-state index is 0.128. The van der Waals surface area contributed by atoms with Crippen molar-refractivity contribution in [2.45, 2.75) is 79.6 Å². The Bertz CT molecular complexity index is 1560. The molecule has 3 aromatic rings. The van der Waals surface area contributed by atoms with Crippen molar-refractivity contribution in [3.05, 3.63) is 65.1 Å². The van der Waals surface area contributed by atoms with Crippen LogP contribution in [0.1, 0.15) is 92.9 Å². The Balaban J connectivity index is 1.27. The molecule has 5 rings (SSSR count). The monoisotopic (exact) mass is 657 g/mol. The Hall–Kier alpha value is -4.21. The molecule has 0 radical (unpaired) electrons. The van der Waals surface area contributed by atoms with Gasteiger partial charge in [0.25, 0.3) is 5.91 Å². The number of rotatable bonds is 13. The molecule has 1 amide bonds. The zero-order valence-electron chi connectivity index (χ0n) is 29.6. The number of carbonyl (C=O) groups is 2. The number of esters is 1. The first kappa shape index (κ1) is 35.1. The minimum atomic E-state index is -0.152. The maximum Gasteiger partial charge on any atom is 0.306 e. The van der Waals surface area contributed by atoms with Gasteiger partial charge in [0, 0.05) is 49.9 Å². The summed E-state index contributed by atoms with van der Waals surface area (Å²) in [6.07, 6.45) is 7.87. The van der Waals surface area contributed by atoms with Gasteiger partial charge in [-0.15, -0.1) is 0 Å². The lowest BCUT2D eigenvalue weighted by molar-refractivity contribution is -0.143. The Morgan fingerprint density at radius 1 is 1.02 bits per heavy atom. The van der Waals surface area contributed by atoms with Crippen LogP contribution < -0.4 is 19.3 Å². The molecular weight excluding hydrogens is 606 g/mol. The summed E-state index contributed by atoms with van der Waals surface area (Å²) in [5, 5.41) is 0. The average Bonchev–Trinajstić information content (AvgIpc) is 3.90. The van der Waals surface area contributed by atoms with Crippen LogP contribution in [-0.2, 0) is 9.53 Å². The highest BCUT2D eigenvalue weighted by molar-refractivity contribution is 6.09. The molecule has 0 aromatic carbocycles. The normalized spacial score (nSPS) is 15.9. The largest absolute Gasteiger partial charge is 0.481 e. The van der Waals surface area contributed by atoms with Crippen molar-refractivity contribution in [3.63, 3.8) is 0 Å². The van der Waals surface area contributed by atoms with E-state index in [0.29, 0.717) is 61.2 Å². The molecule has 1 atom stereocenters. The van der Waals surface area contributed by atoms with E-state index in [1.807, 2.05) is 51.1 Å². The first-order chi connectivity index (χ1) is 22.9. The van der Waals surface area contributed by atoms with Gasteiger partial charge in [0.05, 0.1) is 38.0 Å². The summed E-state index contributed by atoms with van der Waals surface area (Å²) in [6, 6.07) is 9.84. The third-order valence-electron chi connectivity index (χ3n) is 9.03. The highest BCUT2D eigenvalue weighted by Crippen LogP contribution is 2.45. The van der Waals surface area contributed by atoms with E-state index in [9.17, 15) is 9.59 Å². The van der Waals surface area contributed by atoms with Crippen LogP contribution in [0.3, 0.4) is 0 Å². The second kappa shape index (κ2) is 15.3. The second-order valence-electron chi connectivity index (χ2n) is 14.5. The number of pyridine rings is 3. The highest BCUT2D eigenvalue weighted by Gasteiger charge is 2.35. The number of anilines is 2. The van der Waals surface area contributed by atoms with Crippen LogP contribution in [0.15, 0.2) is 42.7 Å². The highest BCUT2D eigenvalue weighted by atomic mass is 16.5. The third-order valence-corrected chi connectivity index (χ3v) is 9.03. The average molecular weight is 658 g/mol. The van der Waals surface area contributed by atoms with E-state index in [4.69, 9.17) is 19.2 Å². The Morgan fingerprint density at radius 3 is 2.42 bits per heavy atom. The van der Waals surface area contributed by atoms with Gasteiger partial charge in [-0.3, -0.25) is 14.5 Å². The summed E-state index contributed by atoms with van der Waals surface area (Å²) in [5.74, 6) is 2.41. The van der Waals surface area contributed by atoms with Crippen molar-refractivity contribution in [1.29, 1.82) is 0 Å². The topological polar surface area (TPSA) is 107 Å². The van der Waals surface area contributed by atoms with Gasteiger partial charge in [-0.1, -0.05) is 20.8 Å². The van der Waals surface area contributed by atoms with Crippen LogP contribution in [0.25, 0.3) is 0 Å². The molecule has 1 aliphatic carbocycles. The number of amides is 1. The minimum Gasteiger partial charge on any atom is -0.481 e. The molecule has 2 fully saturated rings. The molecule has 1 unspecified atom stereocenters. The van der Waals surface area contributed by atoms with Crippen molar-refractivity contribution in [2.24, 2.45) is 17.3 Å². The van der Waals surface area contributed by atoms with Gasteiger partial charge in [0.1, 0.15) is 5.82 Å². The van der Waals surface area contributed by atoms with E-state index in [-0.39, 0.29) is 23.2 Å². The second-order valence-corrected chi connectivity index (χ2v) is 14.5. The number of methoxy groups -OCH3 is 1. The molecule has 0 N–H and O–H groups in total. The van der Waals surface area contributed by atoms with Gasteiger partial charge in [-0.05, 0) is 98.9 Å². The quantitative estimate of drug-likeness (QED) is 0.181. The summed E-state index contributed by atoms with van der Waals surface area (Å²) in [4.78, 5) is 44.4. The number of nitrogens with zero attached hydrogens (tertiary/aromatic N) is 5. The van der Waals surface area contributed by atoms with Crippen LogP contribution >= 0.6 is 0 Å². The fraction of sp³-hybridized carbons (Fsp3) is 0.553. The number of ether oxygens (including phenoxy) is 3. The third kappa shape index (κ3) is 9.23. The molecular formula is C38H51N5O5. The number of aromatic nitrogens is 3. The summed E-state index contributed by atoms with van der Waals surface area (Å²) in [6.45, 7) is 15.2.